The number of nitrogens with one attached hydrogen (secondary N) is 1. The van der Waals surface area contributed by atoms with Crippen molar-refractivity contribution in [3.8, 4) is 0 Å². The van der Waals surface area contributed by atoms with Gasteiger partial charge < -0.3 is 5.32 Å². The smallest absolute Gasteiger partial charge is 0.140 e. The third-order valence-corrected chi connectivity index (χ3v) is 4.46. The molecule has 0 aliphatic heterocycles. The summed E-state index contributed by atoms with van der Waals surface area (Å²) in [6.45, 7) is 0.488. The minimum atomic E-state index is -0.424. The molecule has 0 unspecified atom stereocenters. The van der Waals surface area contributed by atoms with Crippen LogP contribution < -0.4 is 5.32 Å². The van der Waals surface area contributed by atoms with E-state index in [2.05, 4.69) is 5.32 Å². The molecule has 1 fully saturated rings. The highest BCUT2D eigenvalue weighted by Gasteiger charge is 2.20. The molecule has 1 aromatic rings. The Morgan fingerprint density at radius 1 is 1.24 bits per heavy atom. The van der Waals surface area contributed by atoms with E-state index in [1.54, 1.807) is 7.05 Å². The van der Waals surface area contributed by atoms with Gasteiger partial charge in [0.25, 0.3) is 0 Å². The summed E-state index contributed by atoms with van der Waals surface area (Å²) < 4.78 is 27.6. The zero-order chi connectivity index (χ0) is 12.3. The normalized spacial score (nSPS) is 16.6. The van der Waals surface area contributed by atoms with Gasteiger partial charge in [-0.1, -0.05) is 12.8 Å². The first-order valence-electron chi connectivity index (χ1n) is 6.00. The summed E-state index contributed by atoms with van der Waals surface area (Å²) >= 11 is 1.36. The molecule has 1 aliphatic rings. The molecular formula is C13H17F2NS. The Labute approximate surface area is 105 Å². The van der Waals surface area contributed by atoms with Crippen molar-refractivity contribution in [2.75, 3.05) is 7.05 Å². The minimum absolute atomic E-state index is 0.191. The topological polar surface area (TPSA) is 12.0 Å². The first-order chi connectivity index (χ1) is 8.20. The SMILES string of the molecule is CNCc1cc(F)c(SC2CCCC2)c(F)c1. The molecule has 1 saturated carbocycles. The number of halogens is 2. The number of hydrogen-bond donors (Lipinski definition) is 1. The second kappa shape index (κ2) is 5.83. The van der Waals surface area contributed by atoms with Gasteiger partial charge in [0.05, 0.1) is 4.90 Å². The van der Waals surface area contributed by atoms with Crippen LogP contribution in [0.25, 0.3) is 0 Å². The molecule has 0 spiro atoms. The van der Waals surface area contributed by atoms with Crippen LogP contribution in [0.3, 0.4) is 0 Å². The van der Waals surface area contributed by atoms with Crippen molar-refractivity contribution >= 4 is 11.8 Å². The highest BCUT2D eigenvalue weighted by Crippen LogP contribution is 2.37. The van der Waals surface area contributed by atoms with Gasteiger partial charge in [0, 0.05) is 11.8 Å². The van der Waals surface area contributed by atoms with E-state index in [0.717, 1.165) is 12.8 Å². The van der Waals surface area contributed by atoms with Gasteiger partial charge in [0.15, 0.2) is 0 Å². The largest absolute Gasteiger partial charge is 0.316 e. The van der Waals surface area contributed by atoms with Crippen LogP contribution in [0.5, 0.6) is 0 Å². The Balaban J connectivity index is 2.15. The van der Waals surface area contributed by atoms with E-state index in [0.29, 0.717) is 17.4 Å². The monoisotopic (exact) mass is 257 g/mol. The van der Waals surface area contributed by atoms with Gasteiger partial charge in [-0.25, -0.2) is 8.78 Å². The summed E-state index contributed by atoms with van der Waals surface area (Å²) in [7, 11) is 1.76. The van der Waals surface area contributed by atoms with Crippen molar-refractivity contribution in [2.45, 2.75) is 42.4 Å². The van der Waals surface area contributed by atoms with Gasteiger partial charge in [-0.2, -0.15) is 0 Å². The van der Waals surface area contributed by atoms with E-state index in [-0.39, 0.29) is 4.90 Å². The number of benzene rings is 1. The molecule has 94 valence electrons. The maximum Gasteiger partial charge on any atom is 0.140 e. The predicted molar refractivity (Wildman–Crippen MR) is 67.2 cm³/mol. The summed E-state index contributed by atoms with van der Waals surface area (Å²) in [5.74, 6) is -0.848. The highest BCUT2D eigenvalue weighted by atomic mass is 32.2. The van der Waals surface area contributed by atoms with Crippen LogP contribution in [0.15, 0.2) is 17.0 Å². The molecule has 2 rings (SSSR count). The minimum Gasteiger partial charge on any atom is -0.316 e. The van der Waals surface area contributed by atoms with Crippen LogP contribution in [0, 0.1) is 11.6 Å². The van der Waals surface area contributed by atoms with Gasteiger partial charge in [0.1, 0.15) is 11.6 Å². The number of thioether (sulfide) groups is 1. The van der Waals surface area contributed by atoms with E-state index < -0.39 is 11.6 Å². The van der Waals surface area contributed by atoms with Crippen LogP contribution in [-0.4, -0.2) is 12.3 Å². The Hall–Kier alpha value is -0.610. The highest BCUT2D eigenvalue weighted by molar-refractivity contribution is 8.00. The number of hydrogen-bond acceptors (Lipinski definition) is 2. The molecule has 1 aromatic carbocycles. The predicted octanol–water partition coefficient (Wildman–Crippen LogP) is 3.72. The van der Waals surface area contributed by atoms with Crippen LogP contribution >= 0.6 is 11.8 Å². The lowest BCUT2D eigenvalue weighted by Gasteiger charge is -2.11. The molecule has 17 heavy (non-hydrogen) atoms. The fourth-order valence-electron chi connectivity index (χ4n) is 2.20. The van der Waals surface area contributed by atoms with Gasteiger partial charge >= 0.3 is 0 Å². The quantitative estimate of drug-likeness (QED) is 0.882. The lowest BCUT2D eigenvalue weighted by Crippen LogP contribution is -2.07. The summed E-state index contributed by atoms with van der Waals surface area (Å²) in [5, 5.41) is 3.27. The second-order valence-electron chi connectivity index (χ2n) is 4.44. The van der Waals surface area contributed by atoms with Crippen LogP contribution in [0.4, 0.5) is 8.78 Å². The summed E-state index contributed by atoms with van der Waals surface area (Å²) in [4.78, 5) is 0.191. The molecule has 1 N–H and O–H groups in total. The van der Waals surface area contributed by atoms with Gasteiger partial charge in [-0.15, -0.1) is 11.8 Å². The molecule has 4 heteroatoms. The zero-order valence-electron chi connectivity index (χ0n) is 9.93. The fraction of sp³-hybridized carbons (Fsp3) is 0.538. The van der Waals surface area contributed by atoms with E-state index in [1.807, 2.05) is 0 Å². The van der Waals surface area contributed by atoms with E-state index >= 15 is 0 Å². The molecule has 0 bridgehead atoms. The third-order valence-electron chi connectivity index (χ3n) is 3.03. The third kappa shape index (κ3) is 3.19. The first kappa shape index (κ1) is 12.8. The maximum atomic E-state index is 13.8. The Kier molecular flexibility index (Phi) is 4.40. The first-order valence-corrected chi connectivity index (χ1v) is 6.88. The standard InChI is InChI=1S/C13H17F2NS/c1-16-8-9-6-11(14)13(12(15)7-9)17-10-4-2-3-5-10/h6-7,10,16H,2-5,8H2,1H3. The summed E-state index contributed by atoms with van der Waals surface area (Å²) in [6.07, 6.45) is 4.50. The fourth-order valence-corrected chi connectivity index (χ4v) is 3.45. The molecule has 1 aliphatic carbocycles. The Morgan fingerprint density at radius 3 is 2.35 bits per heavy atom. The Morgan fingerprint density at radius 2 is 1.82 bits per heavy atom. The zero-order valence-corrected chi connectivity index (χ0v) is 10.7. The van der Waals surface area contributed by atoms with Crippen molar-refractivity contribution in [3.63, 3.8) is 0 Å². The molecule has 0 aromatic heterocycles. The van der Waals surface area contributed by atoms with E-state index in [9.17, 15) is 8.78 Å². The molecule has 0 heterocycles. The molecule has 0 saturated heterocycles. The molecule has 1 nitrogen and oxygen atoms in total. The van der Waals surface area contributed by atoms with Gasteiger partial charge in [0.2, 0.25) is 0 Å². The van der Waals surface area contributed by atoms with E-state index in [4.69, 9.17) is 0 Å². The average molecular weight is 257 g/mol. The number of rotatable bonds is 4. The summed E-state index contributed by atoms with van der Waals surface area (Å²) in [6, 6.07) is 2.85. The van der Waals surface area contributed by atoms with Crippen molar-refractivity contribution in [1.29, 1.82) is 0 Å². The van der Waals surface area contributed by atoms with Gasteiger partial charge in [-0.3, -0.25) is 0 Å². The van der Waals surface area contributed by atoms with Crippen molar-refractivity contribution in [3.05, 3.63) is 29.3 Å². The molecule has 0 radical (unpaired) electrons. The van der Waals surface area contributed by atoms with Gasteiger partial charge in [-0.05, 0) is 37.6 Å². The molecular weight excluding hydrogens is 240 g/mol. The molecule has 0 atom stereocenters. The van der Waals surface area contributed by atoms with Crippen LogP contribution in [0.2, 0.25) is 0 Å². The van der Waals surface area contributed by atoms with Crippen molar-refractivity contribution in [2.24, 2.45) is 0 Å². The Bertz CT molecular complexity index is 366. The van der Waals surface area contributed by atoms with Crippen LogP contribution in [-0.2, 0) is 6.54 Å². The second-order valence-corrected chi connectivity index (χ2v) is 5.75. The van der Waals surface area contributed by atoms with Crippen molar-refractivity contribution in [1.82, 2.24) is 5.32 Å². The average Bonchev–Trinajstić information content (AvgIpc) is 2.76. The van der Waals surface area contributed by atoms with E-state index in [1.165, 1.54) is 36.7 Å². The summed E-state index contributed by atoms with van der Waals surface area (Å²) in [5.41, 5.74) is 0.651. The van der Waals surface area contributed by atoms with Crippen molar-refractivity contribution < 1.29 is 8.78 Å². The molecule has 0 amide bonds. The lowest BCUT2D eigenvalue weighted by atomic mass is 10.2. The van der Waals surface area contributed by atoms with Crippen LogP contribution in [0.1, 0.15) is 31.2 Å². The lowest BCUT2D eigenvalue weighted by molar-refractivity contribution is 0.535. The maximum absolute atomic E-state index is 13.8.